The lowest BCUT2D eigenvalue weighted by atomic mass is 9.93. The Kier molecular flexibility index (Phi) is 5.10. The number of aromatic nitrogens is 3. The lowest BCUT2D eigenvalue weighted by molar-refractivity contribution is 0.213. The van der Waals surface area contributed by atoms with Crippen LogP contribution in [0.25, 0.3) is 22.0 Å². The highest BCUT2D eigenvalue weighted by molar-refractivity contribution is 5.85. The molecule has 0 aliphatic carbocycles. The van der Waals surface area contributed by atoms with Crippen LogP contribution in [0.2, 0.25) is 0 Å². The van der Waals surface area contributed by atoms with Crippen molar-refractivity contribution in [1.29, 1.82) is 0 Å². The Labute approximate surface area is 171 Å². The molecular weight excluding hydrogens is 356 g/mol. The number of aromatic amines is 1. The maximum absolute atomic E-state index is 4.51. The number of H-pyrrole nitrogens is 1. The summed E-state index contributed by atoms with van der Waals surface area (Å²) in [5.74, 6) is 0.571. The molecule has 1 fully saturated rings. The number of piperidine rings is 1. The maximum atomic E-state index is 4.51. The van der Waals surface area contributed by atoms with Gasteiger partial charge in [0.05, 0.1) is 5.69 Å². The van der Waals surface area contributed by atoms with E-state index in [-0.39, 0.29) is 0 Å². The van der Waals surface area contributed by atoms with E-state index in [0.717, 1.165) is 37.3 Å². The van der Waals surface area contributed by atoms with Crippen molar-refractivity contribution < 1.29 is 0 Å². The maximum Gasteiger partial charge on any atom is 0.0939 e. The van der Waals surface area contributed by atoms with Crippen molar-refractivity contribution in [3.63, 3.8) is 0 Å². The van der Waals surface area contributed by atoms with Crippen LogP contribution in [0.4, 0.5) is 0 Å². The molecule has 4 heteroatoms. The molecule has 0 bridgehead atoms. The second-order valence-electron chi connectivity index (χ2n) is 7.95. The molecular formula is C25H26N4. The summed E-state index contributed by atoms with van der Waals surface area (Å²) in [6.45, 7) is 3.43. The number of pyridine rings is 1. The van der Waals surface area contributed by atoms with Crippen LogP contribution in [0.1, 0.15) is 30.0 Å². The molecule has 0 spiro atoms. The molecule has 2 aromatic heterocycles. The van der Waals surface area contributed by atoms with Gasteiger partial charge in [-0.05, 0) is 66.9 Å². The largest absolute Gasteiger partial charge is 0.303 e. The molecule has 0 radical (unpaired) electrons. The van der Waals surface area contributed by atoms with Gasteiger partial charge in [0.1, 0.15) is 0 Å². The lowest BCUT2D eigenvalue weighted by Crippen LogP contribution is -2.34. The van der Waals surface area contributed by atoms with E-state index in [4.69, 9.17) is 0 Å². The Balaban J connectivity index is 1.18. The van der Waals surface area contributed by atoms with Gasteiger partial charge in [0.2, 0.25) is 0 Å². The molecule has 0 atom stereocenters. The highest BCUT2D eigenvalue weighted by Gasteiger charge is 2.22. The zero-order valence-electron chi connectivity index (χ0n) is 16.6. The smallest absolute Gasteiger partial charge is 0.0939 e. The van der Waals surface area contributed by atoms with Gasteiger partial charge in [-0.2, -0.15) is 5.10 Å². The molecule has 5 rings (SSSR count). The Morgan fingerprint density at radius 1 is 0.966 bits per heavy atom. The summed E-state index contributed by atoms with van der Waals surface area (Å²) in [5, 5.41) is 10.5. The number of likely N-dealkylation sites (tertiary alicyclic amines) is 1. The van der Waals surface area contributed by atoms with Crippen LogP contribution >= 0.6 is 0 Å². The summed E-state index contributed by atoms with van der Waals surface area (Å²) < 4.78 is 0. The number of benzene rings is 2. The van der Waals surface area contributed by atoms with Crippen LogP contribution in [0.15, 0.2) is 73.1 Å². The van der Waals surface area contributed by atoms with Crippen molar-refractivity contribution in [2.45, 2.75) is 25.2 Å². The fourth-order valence-corrected chi connectivity index (χ4v) is 4.46. The number of nitrogens with zero attached hydrogens (tertiary/aromatic N) is 3. The van der Waals surface area contributed by atoms with E-state index in [1.54, 1.807) is 6.20 Å². The van der Waals surface area contributed by atoms with E-state index < -0.39 is 0 Å². The zero-order chi connectivity index (χ0) is 19.5. The van der Waals surface area contributed by atoms with Crippen molar-refractivity contribution in [2.24, 2.45) is 0 Å². The summed E-state index contributed by atoms with van der Waals surface area (Å²) in [6.07, 6.45) is 7.15. The van der Waals surface area contributed by atoms with Crippen LogP contribution < -0.4 is 0 Å². The SMILES string of the molecule is c1cncc(-c2cc(C3CCN(CCc4cccc5ccccc45)CC3)[nH]n2)c1. The number of hydrogen-bond acceptors (Lipinski definition) is 3. The van der Waals surface area contributed by atoms with E-state index >= 15 is 0 Å². The molecule has 2 aromatic carbocycles. The minimum absolute atomic E-state index is 0.571. The van der Waals surface area contributed by atoms with Crippen LogP contribution in [0, 0.1) is 0 Å². The average Bonchev–Trinajstić information content (AvgIpc) is 3.29. The predicted octanol–water partition coefficient (Wildman–Crippen LogP) is 5.05. The molecule has 0 unspecified atom stereocenters. The molecule has 1 N–H and O–H groups in total. The molecule has 3 heterocycles. The second kappa shape index (κ2) is 8.18. The lowest BCUT2D eigenvalue weighted by Gasteiger charge is -2.31. The molecule has 4 nitrogen and oxygen atoms in total. The van der Waals surface area contributed by atoms with Crippen molar-refractivity contribution >= 4 is 10.8 Å². The van der Waals surface area contributed by atoms with Crippen LogP contribution in [0.5, 0.6) is 0 Å². The molecule has 4 aromatic rings. The monoisotopic (exact) mass is 382 g/mol. The van der Waals surface area contributed by atoms with E-state index in [2.05, 4.69) is 74.7 Å². The molecule has 1 aliphatic heterocycles. The van der Waals surface area contributed by atoms with E-state index in [0.29, 0.717) is 5.92 Å². The first-order valence-corrected chi connectivity index (χ1v) is 10.5. The third-order valence-electron chi connectivity index (χ3n) is 6.16. The fraction of sp³-hybridized carbons (Fsp3) is 0.280. The summed E-state index contributed by atoms with van der Waals surface area (Å²) in [7, 11) is 0. The summed E-state index contributed by atoms with van der Waals surface area (Å²) in [4.78, 5) is 6.80. The van der Waals surface area contributed by atoms with Gasteiger partial charge < -0.3 is 4.90 Å². The zero-order valence-corrected chi connectivity index (χ0v) is 16.6. The topological polar surface area (TPSA) is 44.8 Å². The van der Waals surface area contributed by atoms with E-state index in [1.165, 1.54) is 34.9 Å². The highest BCUT2D eigenvalue weighted by Crippen LogP contribution is 2.29. The number of fused-ring (bicyclic) bond motifs is 1. The molecule has 1 saturated heterocycles. The first-order chi connectivity index (χ1) is 14.4. The van der Waals surface area contributed by atoms with Crippen molar-refractivity contribution in [3.05, 3.63) is 84.3 Å². The molecule has 146 valence electrons. The van der Waals surface area contributed by atoms with Gasteiger partial charge in [-0.1, -0.05) is 42.5 Å². The van der Waals surface area contributed by atoms with Crippen LogP contribution in [-0.2, 0) is 6.42 Å². The first-order valence-electron chi connectivity index (χ1n) is 10.5. The summed E-state index contributed by atoms with van der Waals surface area (Å²) >= 11 is 0. The quantitative estimate of drug-likeness (QED) is 0.525. The van der Waals surface area contributed by atoms with Gasteiger partial charge in [-0.25, -0.2) is 0 Å². The number of rotatable bonds is 5. The third-order valence-corrected chi connectivity index (χ3v) is 6.16. The van der Waals surface area contributed by atoms with Gasteiger partial charge in [-0.3, -0.25) is 10.1 Å². The van der Waals surface area contributed by atoms with Crippen LogP contribution in [0.3, 0.4) is 0 Å². The minimum atomic E-state index is 0.571. The Bertz CT molecular complexity index is 1070. The van der Waals surface area contributed by atoms with Gasteiger partial charge >= 0.3 is 0 Å². The van der Waals surface area contributed by atoms with E-state index in [1.807, 2.05) is 12.3 Å². The average molecular weight is 383 g/mol. The van der Waals surface area contributed by atoms with Crippen molar-refractivity contribution in [2.75, 3.05) is 19.6 Å². The van der Waals surface area contributed by atoms with Gasteiger partial charge in [0.15, 0.2) is 0 Å². The van der Waals surface area contributed by atoms with Crippen LogP contribution in [-0.4, -0.2) is 39.7 Å². The van der Waals surface area contributed by atoms with Gasteiger partial charge in [0.25, 0.3) is 0 Å². The predicted molar refractivity (Wildman–Crippen MR) is 118 cm³/mol. The van der Waals surface area contributed by atoms with Crippen molar-refractivity contribution in [1.82, 2.24) is 20.1 Å². The standard InChI is InChI=1S/C25H26N4/c1-2-9-23-19(5-1)6-3-7-20(23)10-14-29-15-11-21(12-16-29)24-17-25(28-27-24)22-8-4-13-26-18-22/h1-9,13,17-18,21H,10-12,14-16H2,(H,27,28). The molecule has 0 saturated carbocycles. The molecule has 0 amide bonds. The Morgan fingerprint density at radius 3 is 2.69 bits per heavy atom. The normalized spacial score (nSPS) is 15.7. The highest BCUT2D eigenvalue weighted by atomic mass is 15.1. The van der Waals surface area contributed by atoms with E-state index in [9.17, 15) is 0 Å². The fourth-order valence-electron chi connectivity index (χ4n) is 4.46. The Morgan fingerprint density at radius 2 is 1.83 bits per heavy atom. The second-order valence-corrected chi connectivity index (χ2v) is 7.95. The number of nitrogens with one attached hydrogen (secondary N) is 1. The summed E-state index contributed by atoms with van der Waals surface area (Å²) in [5.41, 5.74) is 4.78. The van der Waals surface area contributed by atoms with Crippen molar-refractivity contribution in [3.8, 4) is 11.3 Å². The molecule has 29 heavy (non-hydrogen) atoms. The summed E-state index contributed by atoms with van der Waals surface area (Å²) in [6, 6.07) is 21.6. The number of hydrogen-bond donors (Lipinski definition) is 1. The molecule has 1 aliphatic rings. The van der Waals surface area contributed by atoms with Gasteiger partial charge in [-0.15, -0.1) is 0 Å². The van der Waals surface area contributed by atoms with Gasteiger partial charge in [0, 0.05) is 36.1 Å². The first kappa shape index (κ1) is 18.1. The third kappa shape index (κ3) is 3.94. The minimum Gasteiger partial charge on any atom is -0.303 e. The Hall–Kier alpha value is -2.98.